The van der Waals surface area contributed by atoms with Crippen LogP contribution in [0.1, 0.15) is 6.92 Å². The average Bonchev–Trinajstić information content (AvgIpc) is 2.39. The lowest BCUT2D eigenvalue weighted by Crippen LogP contribution is -2.19. The fourth-order valence-electron chi connectivity index (χ4n) is 0.926. The summed E-state index contributed by atoms with van der Waals surface area (Å²) in [5.74, 6) is 0.172. The Morgan fingerprint density at radius 2 is 1.89 bits per heavy atom. The first-order chi connectivity index (χ1) is 8.63. The highest BCUT2D eigenvalue weighted by Gasteiger charge is 2.06. The first-order valence-electron chi connectivity index (χ1n) is 5.40. The lowest BCUT2D eigenvalue weighted by Gasteiger charge is -2.13. The summed E-state index contributed by atoms with van der Waals surface area (Å²) in [6.07, 6.45) is 0.494. The second-order valence-electron chi connectivity index (χ2n) is 3.09. The van der Waals surface area contributed by atoms with Gasteiger partial charge in [-0.1, -0.05) is 24.8 Å². The third kappa shape index (κ3) is 8.32. The van der Waals surface area contributed by atoms with E-state index < -0.39 is 12.3 Å². The van der Waals surface area contributed by atoms with Crippen molar-refractivity contribution < 1.29 is 24.5 Å². The maximum atomic E-state index is 10.8. The molecule has 18 heavy (non-hydrogen) atoms. The van der Waals surface area contributed by atoms with Crippen molar-refractivity contribution in [3.05, 3.63) is 43.0 Å². The van der Waals surface area contributed by atoms with Gasteiger partial charge in [0.2, 0.25) is 6.29 Å². The SMILES string of the molecule is C=CC(=O)OC(C)Oc1ccccc1.OCCO. The number of benzene rings is 1. The molecule has 0 heterocycles. The summed E-state index contributed by atoms with van der Waals surface area (Å²) < 4.78 is 10.1. The quantitative estimate of drug-likeness (QED) is 0.467. The van der Waals surface area contributed by atoms with Gasteiger partial charge in [0.05, 0.1) is 13.2 Å². The van der Waals surface area contributed by atoms with Gasteiger partial charge in [-0.3, -0.25) is 0 Å². The van der Waals surface area contributed by atoms with Crippen LogP contribution < -0.4 is 4.74 Å². The Labute approximate surface area is 106 Å². The highest BCUT2D eigenvalue weighted by molar-refractivity contribution is 5.81. The summed E-state index contributed by atoms with van der Waals surface area (Å²) in [6.45, 7) is 4.69. The van der Waals surface area contributed by atoms with Gasteiger partial charge in [0.1, 0.15) is 5.75 Å². The van der Waals surface area contributed by atoms with Crippen molar-refractivity contribution in [3.63, 3.8) is 0 Å². The van der Waals surface area contributed by atoms with Gasteiger partial charge in [0, 0.05) is 13.0 Å². The second kappa shape index (κ2) is 10.3. The number of ether oxygens (including phenoxy) is 2. The number of aliphatic hydroxyl groups excluding tert-OH is 2. The van der Waals surface area contributed by atoms with Crippen LogP contribution in [0.4, 0.5) is 0 Å². The van der Waals surface area contributed by atoms with E-state index >= 15 is 0 Å². The van der Waals surface area contributed by atoms with Crippen molar-refractivity contribution in [1.82, 2.24) is 0 Å². The fraction of sp³-hybridized carbons (Fsp3) is 0.308. The van der Waals surface area contributed by atoms with Crippen molar-refractivity contribution in [2.45, 2.75) is 13.2 Å². The summed E-state index contributed by atoms with van der Waals surface area (Å²) >= 11 is 0. The molecule has 0 radical (unpaired) electrons. The number of carbonyl (C=O) groups is 1. The third-order valence-corrected chi connectivity index (χ3v) is 1.59. The lowest BCUT2D eigenvalue weighted by atomic mass is 10.3. The van der Waals surface area contributed by atoms with E-state index in [1.54, 1.807) is 19.1 Å². The molecule has 1 aromatic carbocycles. The minimum Gasteiger partial charge on any atom is -0.455 e. The summed E-state index contributed by atoms with van der Waals surface area (Å²) in [6, 6.07) is 9.15. The number of rotatable bonds is 5. The standard InChI is InChI=1S/C11H12O3.C2H6O2/c1-3-11(12)14-9(2)13-10-7-5-4-6-8-10;3-1-2-4/h3-9H,1H2,2H3;3-4H,1-2H2. The summed E-state index contributed by atoms with van der Waals surface area (Å²) in [4.78, 5) is 10.8. The molecule has 5 heteroatoms. The van der Waals surface area contributed by atoms with Gasteiger partial charge in [-0.15, -0.1) is 0 Å². The van der Waals surface area contributed by atoms with Crippen molar-refractivity contribution >= 4 is 5.97 Å². The molecule has 0 bridgehead atoms. The van der Waals surface area contributed by atoms with Crippen molar-refractivity contribution in [2.24, 2.45) is 0 Å². The molecule has 0 saturated carbocycles. The Morgan fingerprint density at radius 1 is 1.33 bits per heavy atom. The molecule has 100 valence electrons. The highest BCUT2D eigenvalue weighted by atomic mass is 16.7. The molecular formula is C13H18O5. The number of esters is 1. The van der Waals surface area contributed by atoms with E-state index in [1.807, 2.05) is 18.2 Å². The average molecular weight is 254 g/mol. The first kappa shape index (κ1) is 16.1. The molecule has 1 rings (SSSR count). The zero-order valence-corrected chi connectivity index (χ0v) is 10.3. The molecular weight excluding hydrogens is 236 g/mol. The van der Waals surface area contributed by atoms with Crippen LogP contribution in [-0.2, 0) is 9.53 Å². The molecule has 0 spiro atoms. The van der Waals surface area contributed by atoms with Gasteiger partial charge < -0.3 is 19.7 Å². The third-order valence-electron chi connectivity index (χ3n) is 1.59. The topological polar surface area (TPSA) is 76.0 Å². The fourth-order valence-corrected chi connectivity index (χ4v) is 0.926. The maximum absolute atomic E-state index is 10.8. The van der Waals surface area contributed by atoms with Gasteiger partial charge in [0.25, 0.3) is 0 Å². The molecule has 0 aliphatic carbocycles. The smallest absolute Gasteiger partial charge is 0.333 e. The van der Waals surface area contributed by atoms with Gasteiger partial charge in [-0.2, -0.15) is 0 Å². The van der Waals surface area contributed by atoms with Gasteiger partial charge in [-0.25, -0.2) is 4.79 Å². The van der Waals surface area contributed by atoms with E-state index in [-0.39, 0.29) is 13.2 Å². The van der Waals surface area contributed by atoms with Crippen molar-refractivity contribution in [2.75, 3.05) is 13.2 Å². The molecule has 0 aliphatic heterocycles. The van der Waals surface area contributed by atoms with Gasteiger partial charge in [-0.05, 0) is 12.1 Å². The zero-order chi connectivity index (χ0) is 13.8. The van der Waals surface area contributed by atoms with Crippen LogP contribution in [0, 0.1) is 0 Å². The first-order valence-corrected chi connectivity index (χ1v) is 5.40. The van der Waals surface area contributed by atoms with Crippen molar-refractivity contribution in [1.29, 1.82) is 0 Å². The lowest BCUT2D eigenvalue weighted by molar-refractivity contribution is -0.154. The minimum atomic E-state index is -0.608. The Kier molecular flexibility index (Phi) is 9.25. The van der Waals surface area contributed by atoms with Crippen LogP contribution in [-0.4, -0.2) is 35.7 Å². The largest absolute Gasteiger partial charge is 0.455 e. The number of para-hydroxylation sites is 1. The molecule has 1 aromatic rings. The molecule has 2 N–H and O–H groups in total. The predicted octanol–water partition coefficient (Wildman–Crippen LogP) is 1.11. The summed E-state index contributed by atoms with van der Waals surface area (Å²) in [7, 11) is 0. The highest BCUT2D eigenvalue weighted by Crippen LogP contribution is 2.11. The normalized spacial score (nSPS) is 10.6. The zero-order valence-electron chi connectivity index (χ0n) is 10.3. The monoisotopic (exact) mass is 254 g/mol. The number of carbonyl (C=O) groups excluding carboxylic acids is 1. The molecule has 0 aromatic heterocycles. The second-order valence-corrected chi connectivity index (χ2v) is 3.09. The number of hydrogen-bond acceptors (Lipinski definition) is 5. The van der Waals surface area contributed by atoms with E-state index in [4.69, 9.17) is 19.7 Å². The van der Waals surface area contributed by atoms with E-state index in [9.17, 15) is 4.79 Å². The molecule has 0 saturated heterocycles. The van der Waals surface area contributed by atoms with E-state index in [2.05, 4.69) is 6.58 Å². The molecule has 5 nitrogen and oxygen atoms in total. The van der Waals surface area contributed by atoms with Crippen molar-refractivity contribution in [3.8, 4) is 5.75 Å². The van der Waals surface area contributed by atoms with Crippen LogP contribution in [0.2, 0.25) is 0 Å². The predicted molar refractivity (Wildman–Crippen MR) is 67.0 cm³/mol. The molecule has 1 unspecified atom stereocenters. The van der Waals surface area contributed by atoms with Crippen LogP contribution in [0.15, 0.2) is 43.0 Å². The van der Waals surface area contributed by atoms with Gasteiger partial charge in [0.15, 0.2) is 0 Å². The number of hydrogen-bond donors (Lipinski definition) is 2. The molecule has 0 aliphatic rings. The molecule has 0 fully saturated rings. The number of aliphatic hydroxyl groups is 2. The van der Waals surface area contributed by atoms with Crippen LogP contribution in [0.5, 0.6) is 5.75 Å². The summed E-state index contributed by atoms with van der Waals surface area (Å²) in [5.41, 5.74) is 0. The molecule has 1 atom stereocenters. The minimum absolute atomic E-state index is 0.125. The van der Waals surface area contributed by atoms with E-state index in [1.165, 1.54) is 0 Å². The van der Waals surface area contributed by atoms with Crippen LogP contribution in [0.25, 0.3) is 0 Å². The Bertz CT molecular complexity index is 334. The summed E-state index contributed by atoms with van der Waals surface area (Å²) in [5, 5.41) is 15.2. The molecule has 0 amide bonds. The Hall–Kier alpha value is -1.85. The Balaban J connectivity index is 0.000000631. The van der Waals surface area contributed by atoms with Crippen LogP contribution in [0.3, 0.4) is 0 Å². The van der Waals surface area contributed by atoms with E-state index in [0.29, 0.717) is 5.75 Å². The van der Waals surface area contributed by atoms with Crippen LogP contribution >= 0.6 is 0 Å². The van der Waals surface area contributed by atoms with Gasteiger partial charge >= 0.3 is 5.97 Å². The maximum Gasteiger partial charge on any atom is 0.333 e. The Morgan fingerprint density at radius 3 is 2.33 bits per heavy atom. The van der Waals surface area contributed by atoms with E-state index in [0.717, 1.165) is 6.08 Å².